The molecular weight excluding hydrogens is 212 g/mol. The van der Waals surface area contributed by atoms with Crippen molar-refractivity contribution in [2.45, 2.75) is 13.8 Å². The van der Waals surface area contributed by atoms with Crippen LogP contribution in [0.4, 0.5) is 11.4 Å². The van der Waals surface area contributed by atoms with E-state index in [-0.39, 0.29) is 5.78 Å². The molecule has 0 atom stereocenters. The number of aliphatic imine (C=N–C) groups is 1. The number of allylic oxidation sites excluding steroid dienone is 4. The van der Waals surface area contributed by atoms with E-state index >= 15 is 0 Å². The van der Waals surface area contributed by atoms with Gasteiger partial charge in [0.05, 0.1) is 11.4 Å². The average molecular weight is 226 g/mol. The molecule has 0 spiro atoms. The van der Waals surface area contributed by atoms with E-state index in [0.29, 0.717) is 5.69 Å². The highest BCUT2D eigenvalue weighted by Gasteiger charge is 2.12. The fourth-order valence-corrected chi connectivity index (χ4v) is 1.77. The minimum Gasteiger partial charge on any atom is -0.399 e. The quantitative estimate of drug-likeness (QED) is 0.591. The van der Waals surface area contributed by atoms with Gasteiger partial charge < -0.3 is 5.73 Å². The van der Waals surface area contributed by atoms with Crippen LogP contribution in [0.25, 0.3) is 0 Å². The summed E-state index contributed by atoms with van der Waals surface area (Å²) in [6.07, 6.45) is 3.20. The second-order valence-corrected chi connectivity index (χ2v) is 4.11. The summed E-state index contributed by atoms with van der Waals surface area (Å²) in [5.74, 6) is 0.0243. The maximum atomic E-state index is 11.3. The largest absolute Gasteiger partial charge is 0.399 e. The lowest BCUT2D eigenvalue weighted by molar-refractivity contribution is -0.110. The number of ketones is 1. The molecule has 0 aliphatic heterocycles. The zero-order valence-electron chi connectivity index (χ0n) is 9.90. The van der Waals surface area contributed by atoms with Gasteiger partial charge in [-0.3, -0.25) is 4.79 Å². The molecule has 1 aliphatic carbocycles. The van der Waals surface area contributed by atoms with Crippen LogP contribution in [-0.4, -0.2) is 11.5 Å². The van der Waals surface area contributed by atoms with Crippen molar-refractivity contribution in [2.75, 3.05) is 5.73 Å². The lowest BCUT2D eigenvalue weighted by Crippen LogP contribution is -2.10. The van der Waals surface area contributed by atoms with Crippen molar-refractivity contribution in [3.05, 3.63) is 47.6 Å². The molecule has 0 radical (unpaired) electrons. The summed E-state index contributed by atoms with van der Waals surface area (Å²) in [5, 5.41) is 0. The van der Waals surface area contributed by atoms with Crippen molar-refractivity contribution < 1.29 is 4.79 Å². The minimum absolute atomic E-state index is 0.0243. The summed E-state index contributed by atoms with van der Waals surface area (Å²) in [7, 11) is 0. The predicted octanol–water partition coefficient (Wildman–Crippen LogP) is 2.82. The number of anilines is 1. The molecule has 17 heavy (non-hydrogen) atoms. The maximum Gasteiger partial charge on any atom is 0.179 e. The van der Waals surface area contributed by atoms with Crippen LogP contribution < -0.4 is 5.73 Å². The summed E-state index contributed by atoms with van der Waals surface area (Å²) in [5.41, 5.74) is 9.82. The van der Waals surface area contributed by atoms with Gasteiger partial charge in [0.25, 0.3) is 0 Å². The molecule has 86 valence electrons. The van der Waals surface area contributed by atoms with Crippen LogP contribution in [0.1, 0.15) is 13.8 Å². The topological polar surface area (TPSA) is 55.5 Å². The van der Waals surface area contributed by atoms with Crippen LogP contribution in [0.5, 0.6) is 0 Å². The first kappa shape index (κ1) is 11.3. The van der Waals surface area contributed by atoms with Crippen molar-refractivity contribution in [2.24, 2.45) is 4.99 Å². The Hall–Kier alpha value is -2.16. The molecule has 0 heterocycles. The van der Waals surface area contributed by atoms with E-state index in [9.17, 15) is 4.79 Å². The maximum absolute atomic E-state index is 11.3. The Morgan fingerprint density at radius 1 is 1.00 bits per heavy atom. The molecule has 1 aromatic rings. The second kappa shape index (κ2) is 4.37. The monoisotopic (exact) mass is 226 g/mol. The van der Waals surface area contributed by atoms with Crippen LogP contribution in [-0.2, 0) is 4.79 Å². The van der Waals surface area contributed by atoms with Crippen LogP contribution >= 0.6 is 0 Å². The number of hydrogen-bond donors (Lipinski definition) is 1. The van der Waals surface area contributed by atoms with E-state index in [2.05, 4.69) is 4.99 Å². The lowest BCUT2D eigenvalue weighted by Gasteiger charge is -2.11. The van der Waals surface area contributed by atoms with Crippen molar-refractivity contribution in [3.8, 4) is 0 Å². The molecule has 0 aromatic heterocycles. The van der Waals surface area contributed by atoms with Crippen molar-refractivity contribution in [1.29, 1.82) is 0 Å². The molecule has 2 N–H and O–H groups in total. The van der Waals surface area contributed by atoms with Gasteiger partial charge in [-0.25, -0.2) is 4.99 Å². The molecule has 3 nitrogen and oxygen atoms in total. The minimum atomic E-state index is 0.0243. The zero-order valence-corrected chi connectivity index (χ0v) is 9.90. The standard InChI is InChI=1S/C14H14N2O/c1-9-7-13(17)8-10(2)14(9)16-12-5-3-11(15)4-6-12/h3-8H,15H2,1-2H3. The van der Waals surface area contributed by atoms with Crippen molar-refractivity contribution in [3.63, 3.8) is 0 Å². The fraction of sp³-hybridized carbons (Fsp3) is 0.143. The first-order valence-electron chi connectivity index (χ1n) is 5.42. The van der Waals surface area contributed by atoms with E-state index in [1.54, 1.807) is 12.2 Å². The Kier molecular flexibility index (Phi) is 2.91. The summed E-state index contributed by atoms with van der Waals surface area (Å²) >= 11 is 0. The lowest BCUT2D eigenvalue weighted by atomic mass is 9.97. The van der Waals surface area contributed by atoms with Crippen LogP contribution in [0.3, 0.4) is 0 Å². The van der Waals surface area contributed by atoms with Gasteiger partial charge in [0.15, 0.2) is 5.78 Å². The molecule has 3 heteroatoms. The molecule has 0 saturated heterocycles. The first-order valence-corrected chi connectivity index (χ1v) is 5.42. The van der Waals surface area contributed by atoms with E-state index in [1.165, 1.54) is 0 Å². The summed E-state index contributed by atoms with van der Waals surface area (Å²) in [6, 6.07) is 7.34. The smallest absolute Gasteiger partial charge is 0.179 e. The van der Waals surface area contributed by atoms with E-state index < -0.39 is 0 Å². The van der Waals surface area contributed by atoms with Crippen LogP contribution in [0.2, 0.25) is 0 Å². The summed E-state index contributed by atoms with van der Waals surface area (Å²) in [4.78, 5) is 15.8. The van der Waals surface area contributed by atoms with Crippen LogP contribution in [0.15, 0.2) is 52.6 Å². The SMILES string of the molecule is CC1=CC(=O)C=C(C)C1=Nc1ccc(N)cc1. The summed E-state index contributed by atoms with van der Waals surface area (Å²) < 4.78 is 0. The Morgan fingerprint density at radius 3 is 2.06 bits per heavy atom. The average Bonchev–Trinajstić information content (AvgIpc) is 2.26. The van der Waals surface area contributed by atoms with Gasteiger partial charge in [-0.15, -0.1) is 0 Å². The van der Waals surface area contributed by atoms with Crippen molar-refractivity contribution >= 4 is 22.9 Å². The molecule has 0 amide bonds. The highest BCUT2D eigenvalue weighted by Crippen LogP contribution is 2.20. The molecule has 0 saturated carbocycles. The third-order valence-electron chi connectivity index (χ3n) is 2.60. The third kappa shape index (κ3) is 2.50. The number of carbonyl (C=O) groups is 1. The van der Waals surface area contributed by atoms with Crippen molar-refractivity contribution in [1.82, 2.24) is 0 Å². The molecule has 1 aromatic carbocycles. The molecular formula is C14H14N2O. The van der Waals surface area contributed by atoms with Gasteiger partial charge in [-0.1, -0.05) is 0 Å². The molecule has 0 bridgehead atoms. The number of nitrogen functional groups attached to an aromatic ring is 1. The molecule has 0 fully saturated rings. The van der Waals surface area contributed by atoms with Gasteiger partial charge in [0.2, 0.25) is 0 Å². The Morgan fingerprint density at radius 2 is 1.53 bits per heavy atom. The highest BCUT2D eigenvalue weighted by atomic mass is 16.1. The fourth-order valence-electron chi connectivity index (χ4n) is 1.77. The number of nitrogens with zero attached hydrogens (tertiary/aromatic N) is 1. The van der Waals surface area contributed by atoms with Crippen LogP contribution in [0, 0.1) is 0 Å². The number of rotatable bonds is 1. The first-order chi connectivity index (χ1) is 8.06. The van der Waals surface area contributed by atoms with E-state index in [4.69, 9.17) is 5.73 Å². The number of hydrogen-bond acceptors (Lipinski definition) is 3. The van der Waals surface area contributed by atoms with E-state index in [1.807, 2.05) is 38.1 Å². The molecule has 1 aliphatic rings. The normalized spacial score (nSPS) is 15.4. The molecule has 0 unspecified atom stereocenters. The van der Waals surface area contributed by atoms with Gasteiger partial charge >= 0.3 is 0 Å². The Balaban J connectivity index is 2.40. The number of benzene rings is 1. The predicted molar refractivity (Wildman–Crippen MR) is 70.5 cm³/mol. The van der Waals surface area contributed by atoms with Gasteiger partial charge in [-0.05, 0) is 61.4 Å². The highest BCUT2D eigenvalue weighted by molar-refractivity contribution is 6.22. The van der Waals surface area contributed by atoms with Gasteiger partial charge in [0, 0.05) is 5.69 Å². The van der Waals surface area contributed by atoms with Gasteiger partial charge in [-0.2, -0.15) is 0 Å². The summed E-state index contributed by atoms with van der Waals surface area (Å²) in [6.45, 7) is 3.79. The Bertz CT molecular complexity index is 524. The number of nitrogens with two attached hydrogens (primary N) is 1. The third-order valence-corrected chi connectivity index (χ3v) is 2.60. The Labute approximate surface area is 100 Å². The molecule has 2 rings (SSSR count). The second-order valence-electron chi connectivity index (χ2n) is 4.11. The van der Waals surface area contributed by atoms with Gasteiger partial charge in [0.1, 0.15) is 0 Å². The number of carbonyl (C=O) groups excluding carboxylic acids is 1. The van der Waals surface area contributed by atoms with E-state index in [0.717, 1.165) is 22.5 Å². The zero-order chi connectivity index (χ0) is 12.4.